The highest BCUT2D eigenvalue weighted by Crippen LogP contribution is 2.37. The van der Waals surface area contributed by atoms with Crippen molar-refractivity contribution in [2.45, 2.75) is 116 Å². The number of cyclic esters (lactones) is 1. The topological polar surface area (TPSA) is 152 Å². The van der Waals surface area contributed by atoms with Gasteiger partial charge >= 0.3 is 5.97 Å². The van der Waals surface area contributed by atoms with E-state index < -0.39 is 77.7 Å². The van der Waals surface area contributed by atoms with Gasteiger partial charge in [-0.05, 0) is 67.1 Å². The molecule has 0 aromatic heterocycles. The van der Waals surface area contributed by atoms with Gasteiger partial charge in [0.25, 0.3) is 0 Å². The molecule has 3 N–H and O–H groups in total. The first kappa shape index (κ1) is 35.5. The van der Waals surface area contributed by atoms with Crippen LogP contribution in [0.15, 0.2) is 11.6 Å². The average molecular weight is 586 g/mol. The zero-order chi connectivity index (χ0) is 31.4. The Hall–Kier alpha value is -1.73. The molecule has 0 amide bonds. The molecule has 11 heteroatoms. The number of esters is 1. The Kier molecular flexibility index (Phi) is 12.2. The highest BCUT2D eigenvalue weighted by molar-refractivity contribution is 6.00. The molecule has 0 aromatic carbocycles. The SMILES string of the molecule is CC[C@H]1OC(=O)[C@H](C)C(=O)[C@H](C)[C@@H](OC2O[C@H](C)C[C@H](N(C)C)[C@H]2O)[C@@](C)(OC)C[C@@H](C)C(=O)/C(CO)=C/[C@]1(C)O. The predicted octanol–water partition coefficient (Wildman–Crippen LogP) is 1.64. The molecule has 2 aliphatic rings. The summed E-state index contributed by atoms with van der Waals surface area (Å²) in [7, 11) is 5.14. The fourth-order valence-electron chi connectivity index (χ4n) is 6.08. The second-order valence-corrected chi connectivity index (χ2v) is 12.4. The van der Waals surface area contributed by atoms with Gasteiger partial charge < -0.3 is 39.2 Å². The number of carbonyl (C=O) groups excluding carboxylic acids is 3. The van der Waals surface area contributed by atoms with Crippen LogP contribution in [0.3, 0.4) is 0 Å². The number of ketones is 2. The lowest BCUT2D eigenvalue weighted by Crippen LogP contribution is -2.59. The van der Waals surface area contributed by atoms with Crippen molar-refractivity contribution in [3.8, 4) is 0 Å². The normalized spacial score (nSPS) is 43.3. The highest BCUT2D eigenvalue weighted by Gasteiger charge is 2.49. The Bertz CT molecular complexity index is 965. The van der Waals surface area contributed by atoms with Crippen molar-refractivity contribution in [1.82, 2.24) is 4.90 Å². The quantitative estimate of drug-likeness (QED) is 0.308. The molecule has 11 nitrogen and oxygen atoms in total. The number of aliphatic hydroxyl groups excluding tert-OH is 2. The summed E-state index contributed by atoms with van der Waals surface area (Å²) < 4.78 is 24.0. The minimum Gasteiger partial charge on any atom is -0.458 e. The molecule has 2 heterocycles. The number of aliphatic hydroxyl groups is 3. The first-order chi connectivity index (χ1) is 18.9. The van der Waals surface area contributed by atoms with Crippen LogP contribution in [0, 0.1) is 17.8 Å². The number of hydrogen-bond donors (Lipinski definition) is 3. The van der Waals surface area contributed by atoms with Crippen LogP contribution in [0.2, 0.25) is 0 Å². The molecule has 0 radical (unpaired) electrons. The van der Waals surface area contributed by atoms with Crippen molar-refractivity contribution >= 4 is 17.5 Å². The summed E-state index contributed by atoms with van der Waals surface area (Å²) >= 11 is 0. The van der Waals surface area contributed by atoms with E-state index in [9.17, 15) is 29.7 Å². The van der Waals surface area contributed by atoms with Crippen LogP contribution < -0.4 is 0 Å². The number of hydrogen-bond acceptors (Lipinski definition) is 11. The Labute approximate surface area is 244 Å². The van der Waals surface area contributed by atoms with Crippen LogP contribution in [0.5, 0.6) is 0 Å². The lowest BCUT2D eigenvalue weighted by molar-refractivity contribution is -0.295. The molecule has 0 aromatic rings. The first-order valence-electron chi connectivity index (χ1n) is 14.5. The molecular weight excluding hydrogens is 534 g/mol. The van der Waals surface area contributed by atoms with Crippen LogP contribution in [0.1, 0.15) is 67.7 Å². The largest absolute Gasteiger partial charge is 0.458 e. The molecule has 41 heavy (non-hydrogen) atoms. The Morgan fingerprint density at radius 1 is 1.12 bits per heavy atom. The molecule has 11 atom stereocenters. The number of ether oxygens (including phenoxy) is 4. The molecule has 1 unspecified atom stereocenters. The standard InChI is InChI=1S/C30H51NO10/c1-11-22-29(6,37)14-20(15-32)23(33)16(2)13-30(7,38-10)26(18(4)24(34)19(5)27(36)40-22)41-28-25(35)21(31(8)9)12-17(3)39-28/h14,16-19,21-22,25-26,28,32,35,37H,11-13,15H2,1-10H3/b20-14+/t16-,17-,18+,19-,21+,22-,25-,26-,28?,29+,30+/m1/s1. The first-order valence-corrected chi connectivity index (χ1v) is 14.5. The van der Waals surface area contributed by atoms with Crippen molar-refractivity contribution in [2.24, 2.45) is 17.8 Å². The summed E-state index contributed by atoms with van der Waals surface area (Å²) in [4.78, 5) is 42.4. The molecule has 2 rings (SSSR count). The van der Waals surface area contributed by atoms with E-state index in [0.717, 1.165) is 0 Å². The average Bonchev–Trinajstić information content (AvgIpc) is 2.91. The van der Waals surface area contributed by atoms with E-state index in [2.05, 4.69) is 0 Å². The monoisotopic (exact) mass is 585 g/mol. The van der Waals surface area contributed by atoms with Gasteiger partial charge in [-0.2, -0.15) is 0 Å². The maximum atomic E-state index is 13.8. The van der Waals surface area contributed by atoms with Crippen molar-refractivity contribution in [3.63, 3.8) is 0 Å². The third kappa shape index (κ3) is 8.01. The van der Waals surface area contributed by atoms with Gasteiger partial charge in [-0.25, -0.2) is 0 Å². The molecule has 1 saturated heterocycles. The Morgan fingerprint density at radius 2 is 1.73 bits per heavy atom. The van der Waals surface area contributed by atoms with Gasteiger partial charge in [0.2, 0.25) is 0 Å². The van der Waals surface area contributed by atoms with Crippen LogP contribution in [-0.4, -0.2) is 114 Å². The van der Waals surface area contributed by atoms with Gasteiger partial charge in [-0.1, -0.05) is 20.8 Å². The molecule has 1 fully saturated rings. The third-order valence-corrected chi connectivity index (χ3v) is 8.70. The summed E-state index contributed by atoms with van der Waals surface area (Å²) in [6.45, 7) is 10.8. The molecule has 0 bridgehead atoms. The Balaban J connectivity index is 2.65. The van der Waals surface area contributed by atoms with Gasteiger partial charge in [0, 0.05) is 30.6 Å². The van der Waals surface area contributed by atoms with Gasteiger partial charge in [0.05, 0.1) is 24.4 Å². The molecule has 0 spiro atoms. The van der Waals surface area contributed by atoms with Crippen LogP contribution in [-0.2, 0) is 33.3 Å². The number of likely N-dealkylation sites (N-methyl/N-ethyl adjacent to an activating group) is 1. The number of nitrogens with zero attached hydrogens (tertiary/aromatic N) is 1. The summed E-state index contributed by atoms with van der Waals surface area (Å²) in [6.07, 6.45) is -2.47. The van der Waals surface area contributed by atoms with E-state index in [1.807, 2.05) is 25.9 Å². The maximum absolute atomic E-state index is 13.8. The second kappa shape index (κ2) is 14.2. The van der Waals surface area contributed by atoms with Crippen LogP contribution in [0.4, 0.5) is 0 Å². The van der Waals surface area contributed by atoms with Crippen molar-refractivity contribution in [3.05, 3.63) is 11.6 Å². The van der Waals surface area contributed by atoms with Crippen molar-refractivity contribution < 1.29 is 48.7 Å². The predicted molar refractivity (Wildman–Crippen MR) is 151 cm³/mol. The van der Waals surface area contributed by atoms with E-state index in [-0.39, 0.29) is 30.6 Å². The van der Waals surface area contributed by atoms with E-state index >= 15 is 0 Å². The molecule has 0 aliphatic carbocycles. The van der Waals surface area contributed by atoms with Crippen molar-refractivity contribution in [2.75, 3.05) is 27.8 Å². The van der Waals surface area contributed by atoms with Gasteiger partial charge in [0.1, 0.15) is 23.7 Å². The fourth-order valence-corrected chi connectivity index (χ4v) is 6.08. The summed E-state index contributed by atoms with van der Waals surface area (Å²) in [6, 6.07) is -0.271. The van der Waals surface area contributed by atoms with Crippen molar-refractivity contribution in [1.29, 1.82) is 0 Å². The number of methoxy groups -OCH3 is 1. The van der Waals surface area contributed by atoms with Gasteiger partial charge in [-0.3, -0.25) is 14.4 Å². The minimum atomic E-state index is -1.78. The summed E-state index contributed by atoms with van der Waals surface area (Å²) in [5, 5.41) is 32.4. The number of rotatable bonds is 6. The van der Waals surface area contributed by atoms with E-state index in [0.29, 0.717) is 6.42 Å². The van der Waals surface area contributed by atoms with Crippen LogP contribution in [0.25, 0.3) is 0 Å². The molecule has 236 valence electrons. The third-order valence-electron chi connectivity index (χ3n) is 8.70. The lowest BCUT2D eigenvalue weighted by Gasteiger charge is -2.46. The highest BCUT2D eigenvalue weighted by atomic mass is 16.7. The van der Waals surface area contributed by atoms with E-state index in [1.54, 1.807) is 27.7 Å². The number of carbonyl (C=O) groups is 3. The molecular formula is C30H51NO10. The maximum Gasteiger partial charge on any atom is 0.316 e. The zero-order valence-corrected chi connectivity index (χ0v) is 26.2. The molecule has 2 aliphatic heterocycles. The fraction of sp³-hybridized carbons (Fsp3) is 0.833. The van der Waals surface area contributed by atoms with Gasteiger partial charge in [0.15, 0.2) is 17.9 Å². The minimum absolute atomic E-state index is 0.0316. The van der Waals surface area contributed by atoms with E-state index in [4.69, 9.17) is 18.9 Å². The van der Waals surface area contributed by atoms with Crippen LogP contribution >= 0.6 is 0 Å². The zero-order valence-electron chi connectivity index (χ0n) is 26.2. The molecule has 0 saturated carbocycles. The summed E-state index contributed by atoms with van der Waals surface area (Å²) in [5.41, 5.74) is -3.08. The summed E-state index contributed by atoms with van der Waals surface area (Å²) in [5.74, 6) is -4.64. The van der Waals surface area contributed by atoms with Gasteiger partial charge in [-0.15, -0.1) is 0 Å². The lowest BCUT2D eigenvalue weighted by atomic mass is 9.77. The Morgan fingerprint density at radius 3 is 2.24 bits per heavy atom. The number of Topliss-reactive ketones (excluding diaryl/α,β-unsaturated/α-hetero) is 2. The smallest absolute Gasteiger partial charge is 0.316 e. The second-order valence-electron chi connectivity index (χ2n) is 12.4. The van der Waals surface area contributed by atoms with E-state index in [1.165, 1.54) is 27.0 Å².